The molecule has 0 bridgehead atoms. The molecule has 1 aliphatic carbocycles. The second-order valence-electron chi connectivity index (χ2n) is 5.49. The van der Waals surface area contributed by atoms with Crippen LogP contribution in [0.15, 0.2) is 35.2 Å². The average molecular weight is 276 g/mol. The first-order valence-electron chi connectivity index (χ1n) is 7.52. The van der Waals surface area contributed by atoms with Gasteiger partial charge in [0.05, 0.1) is 0 Å². The van der Waals surface area contributed by atoms with Gasteiger partial charge in [-0.05, 0) is 37.3 Å². The number of carbonyl (C=O) groups is 1. The standard InChI is InChI=1S/C17H24OS/c1-2-3-8-14-9-7-12-17(18)16(14)13-19-15-10-5-4-6-11-15/h4-6,10-11,14,16H,2-3,7-9,12-13H2,1H3/t14-,16+/m1/s1. The SMILES string of the molecule is CCCC[C@@H]1CCCC(=O)[C@H]1CSc1ccccc1. The molecule has 2 heteroatoms. The number of hydrogen-bond acceptors (Lipinski definition) is 2. The molecule has 0 radical (unpaired) electrons. The van der Waals surface area contributed by atoms with Gasteiger partial charge in [-0.1, -0.05) is 38.0 Å². The van der Waals surface area contributed by atoms with Crippen LogP contribution < -0.4 is 0 Å². The number of Topliss-reactive ketones (excluding diaryl/α,β-unsaturated/α-hetero) is 1. The van der Waals surface area contributed by atoms with Crippen LogP contribution in [0.4, 0.5) is 0 Å². The van der Waals surface area contributed by atoms with Gasteiger partial charge >= 0.3 is 0 Å². The molecule has 0 heterocycles. The highest BCUT2D eigenvalue weighted by Gasteiger charge is 2.31. The van der Waals surface area contributed by atoms with Crippen LogP contribution in [-0.4, -0.2) is 11.5 Å². The van der Waals surface area contributed by atoms with E-state index >= 15 is 0 Å². The topological polar surface area (TPSA) is 17.1 Å². The molecule has 1 saturated carbocycles. The highest BCUT2D eigenvalue weighted by atomic mass is 32.2. The molecule has 1 aromatic rings. The van der Waals surface area contributed by atoms with Crippen LogP contribution in [0.25, 0.3) is 0 Å². The third-order valence-corrected chi connectivity index (χ3v) is 5.21. The molecule has 0 unspecified atom stereocenters. The third-order valence-electron chi connectivity index (χ3n) is 4.08. The van der Waals surface area contributed by atoms with Crippen LogP contribution in [-0.2, 0) is 4.79 Å². The molecular formula is C17H24OS. The minimum absolute atomic E-state index is 0.297. The zero-order chi connectivity index (χ0) is 13.5. The van der Waals surface area contributed by atoms with E-state index in [2.05, 4.69) is 31.2 Å². The summed E-state index contributed by atoms with van der Waals surface area (Å²) in [5.74, 6) is 2.41. The second-order valence-corrected chi connectivity index (χ2v) is 6.58. The number of rotatable bonds is 6. The highest BCUT2D eigenvalue weighted by Crippen LogP contribution is 2.35. The lowest BCUT2D eigenvalue weighted by Gasteiger charge is -2.30. The van der Waals surface area contributed by atoms with Crippen molar-refractivity contribution >= 4 is 17.5 Å². The highest BCUT2D eigenvalue weighted by molar-refractivity contribution is 7.99. The summed E-state index contributed by atoms with van der Waals surface area (Å²) in [7, 11) is 0. The maximum Gasteiger partial charge on any atom is 0.137 e. The molecule has 1 fully saturated rings. The fourth-order valence-electron chi connectivity index (χ4n) is 2.93. The van der Waals surface area contributed by atoms with Gasteiger partial charge < -0.3 is 0 Å². The summed E-state index contributed by atoms with van der Waals surface area (Å²) in [5.41, 5.74) is 0. The monoisotopic (exact) mass is 276 g/mol. The lowest BCUT2D eigenvalue weighted by Crippen LogP contribution is -2.30. The molecule has 0 aliphatic heterocycles. The van der Waals surface area contributed by atoms with Gasteiger partial charge in [0.2, 0.25) is 0 Å². The summed E-state index contributed by atoms with van der Waals surface area (Å²) in [4.78, 5) is 13.5. The van der Waals surface area contributed by atoms with Gasteiger partial charge in [0.1, 0.15) is 5.78 Å². The van der Waals surface area contributed by atoms with Crippen LogP contribution in [0.2, 0.25) is 0 Å². The first-order valence-corrected chi connectivity index (χ1v) is 8.50. The van der Waals surface area contributed by atoms with E-state index in [0.29, 0.717) is 17.6 Å². The van der Waals surface area contributed by atoms with Gasteiger partial charge in [-0.3, -0.25) is 4.79 Å². The molecule has 1 nitrogen and oxygen atoms in total. The minimum Gasteiger partial charge on any atom is -0.299 e. The van der Waals surface area contributed by atoms with Crippen molar-refractivity contribution in [2.75, 3.05) is 5.75 Å². The first kappa shape index (κ1) is 14.6. The van der Waals surface area contributed by atoms with Crippen LogP contribution in [0.5, 0.6) is 0 Å². The molecule has 2 atom stereocenters. The number of unbranched alkanes of at least 4 members (excludes halogenated alkanes) is 1. The summed E-state index contributed by atoms with van der Waals surface area (Å²) in [6.45, 7) is 2.23. The van der Waals surface area contributed by atoms with Crippen molar-refractivity contribution in [1.82, 2.24) is 0 Å². The Labute approximate surface area is 121 Å². The van der Waals surface area contributed by atoms with Gasteiger partial charge in [0.25, 0.3) is 0 Å². The lowest BCUT2D eigenvalue weighted by molar-refractivity contribution is -0.125. The smallest absolute Gasteiger partial charge is 0.137 e. The quantitative estimate of drug-likeness (QED) is 0.683. The summed E-state index contributed by atoms with van der Waals surface area (Å²) < 4.78 is 0. The summed E-state index contributed by atoms with van der Waals surface area (Å²) >= 11 is 1.85. The Balaban J connectivity index is 1.91. The van der Waals surface area contributed by atoms with E-state index in [-0.39, 0.29) is 0 Å². The Hall–Kier alpha value is -0.760. The Bertz CT molecular complexity index is 388. The molecule has 2 rings (SSSR count). The van der Waals surface area contributed by atoms with E-state index in [0.717, 1.165) is 18.6 Å². The number of hydrogen-bond donors (Lipinski definition) is 0. The Morgan fingerprint density at radius 1 is 1.26 bits per heavy atom. The normalized spacial score (nSPS) is 23.5. The predicted octanol–water partition coefficient (Wildman–Crippen LogP) is 4.95. The Kier molecular flexibility index (Phi) is 5.96. The Morgan fingerprint density at radius 2 is 2.05 bits per heavy atom. The molecule has 19 heavy (non-hydrogen) atoms. The van der Waals surface area contributed by atoms with E-state index in [1.54, 1.807) is 0 Å². The van der Waals surface area contributed by atoms with E-state index < -0.39 is 0 Å². The molecule has 1 aromatic carbocycles. The molecule has 0 saturated heterocycles. The number of carbonyl (C=O) groups excluding carboxylic acids is 1. The maximum atomic E-state index is 12.2. The summed E-state index contributed by atoms with van der Waals surface area (Å²) in [5, 5.41) is 0. The fourth-order valence-corrected chi connectivity index (χ4v) is 4.11. The van der Waals surface area contributed by atoms with Crippen molar-refractivity contribution in [3.05, 3.63) is 30.3 Å². The van der Waals surface area contributed by atoms with Crippen molar-refractivity contribution in [2.45, 2.75) is 50.3 Å². The van der Waals surface area contributed by atoms with Crippen molar-refractivity contribution < 1.29 is 4.79 Å². The molecule has 104 valence electrons. The van der Waals surface area contributed by atoms with Gasteiger partial charge in [0, 0.05) is 23.0 Å². The lowest BCUT2D eigenvalue weighted by atomic mass is 9.77. The van der Waals surface area contributed by atoms with Crippen LogP contribution in [0.3, 0.4) is 0 Å². The molecule has 0 N–H and O–H groups in total. The largest absolute Gasteiger partial charge is 0.299 e. The third kappa shape index (κ3) is 4.38. The predicted molar refractivity (Wildman–Crippen MR) is 82.5 cm³/mol. The van der Waals surface area contributed by atoms with Gasteiger partial charge in [-0.25, -0.2) is 0 Å². The van der Waals surface area contributed by atoms with Gasteiger partial charge in [-0.15, -0.1) is 11.8 Å². The van der Waals surface area contributed by atoms with Crippen molar-refractivity contribution in [1.29, 1.82) is 0 Å². The van der Waals surface area contributed by atoms with Crippen LogP contribution in [0.1, 0.15) is 45.4 Å². The first-order chi connectivity index (χ1) is 9.31. The van der Waals surface area contributed by atoms with E-state index in [1.807, 2.05) is 17.8 Å². The molecule has 1 aliphatic rings. The van der Waals surface area contributed by atoms with Crippen LogP contribution >= 0.6 is 11.8 Å². The summed E-state index contributed by atoms with van der Waals surface area (Å²) in [6.07, 6.45) is 6.92. The van der Waals surface area contributed by atoms with Crippen molar-refractivity contribution in [2.24, 2.45) is 11.8 Å². The fraction of sp³-hybridized carbons (Fsp3) is 0.588. The average Bonchev–Trinajstić information content (AvgIpc) is 2.45. The zero-order valence-corrected chi connectivity index (χ0v) is 12.6. The van der Waals surface area contributed by atoms with E-state index in [9.17, 15) is 4.79 Å². The van der Waals surface area contributed by atoms with Gasteiger partial charge in [-0.2, -0.15) is 0 Å². The second kappa shape index (κ2) is 7.74. The molecule has 0 amide bonds. The summed E-state index contributed by atoms with van der Waals surface area (Å²) in [6, 6.07) is 10.5. The van der Waals surface area contributed by atoms with Crippen LogP contribution in [0, 0.1) is 11.8 Å². The van der Waals surface area contributed by atoms with Crippen molar-refractivity contribution in [3.63, 3.8) is 0 Å². The van der Waals surface area contributed by atoms with E-state index in [4.69, 9.17) is 0 Å². The van der Waals surface area contributed by atoms with E-state index in [1.165, 1.54) is 30.6 Å². The zero-order valence-electron chi connectivity index (χ0n) is 11.8. The number of benzene rings is 1. The van der Waals surface area contributed by atoms with Gasteiger partial charge in [0.15, 0.2) is 0 Å². The Morgan fingerprint density at radius 3 is 2.79 bits per heavy atom. The number of ketones is 1. The van der Waals surface area contributed by atoms with Crippen molar-refractivity contribution in [3.8, 4) is 0 Å². The molecule has 0 aromatic heterocycles. The molecule has 0 spiro atoms. The minimum atomic E-state index is 0.297. The molecular weight excluding hydrogens is 252 g/mol. The number of thioether (sulfide) groups is 1. The maximum absolute atomic E-state index is 12.2.